The molecule has 1 fully saturated rings. The average molecular weight is 403 g/mol. The third kappa shape index (κ3) is 4.76. The van der Waals surface area contributed by atoms with Crippen molar-refractivity contribution in [2.75, 3.05) is 33.9 Å². The summed E-state index contributed by atoms with van der Waals surface area (Å²) in [5.41, 5.74) is 2.34. The molecule has 28 heavy (non-hydrogen) atoms. The van der Waals surface area contributed by atoms with Crippen molar-refractivity contribution >= 4 is 17.3 Å². The van der Waals surface area contributed by atoms with E-state index in [2.05, 4.69) is 41.2 Å². The Morgan fingerprint density at radius 2 is 1.96 bits per heavy atom. The minimum atomic E-state index is 0.431. The Morgan fingerprint density at radius 1 is 1.25 bits per heavy atom. The first-order valence-corrected chi connectivity index (χ1v) is 10.5. The highest BCUT2D eigenvalue weighted by molar-refractivity contribution is 7.11. The van der Waals surface area contributed by atoms with Crippen LogP contribution in [0.1, 0.15) is 40.4 Å². The summed E-state index contributed by atoms with van der Waals surface area (Å²) in [5.74, 6) is 3.08. The van der Waals surface area contributed by atoms with Crippen LogP contribution in [-0.4, -0.2) is 49.7 Å². The Balaban J connectivity index is 1.74. The van der Waals surface area contributed by atoms with Crippen LogP contribution in [0.25, 0.3) is 0 Å². The quantitative estimate of drug-likeness (QED) is 0.589. The lowest BCUT2D eigenvalue weighted by atomic mass is 9.98. The minimum absolute atomic E-state index is 0.431. The molecule has 152 valence electrons. The van der Waals surface area contributed by atoms with Crippen LogP contribution in [0.4, 0.5) is 0 Å². The average Bonchev–Trinajstić information content (AvgIpc) is 3.31. The first kappa shape index (κ1) is 20.5. The van der Waals surface area contributed by atoms with E-state index in [1.807, 2.05) is 13.0 Å². The molecule has 0 aliphatic carbocycles. The van der Waals surface area contributed by atoms with Gasteiger partial charge in [0.1, 0.15) is 11.5 Å². The summed E-state index contributed by atoms with van der Waals surface area (Å²) in [6, 6.07) is 6.15. The van der Waals surface area contributed by atoms with E-state index in [9.17, 15) is 0 Å². The van der Waals surface area contributed by atoms with E-state index in [0.29, 0.717) is 12.5 Å². The van der Waals surface area contributed by atoms with Gasteiger partial charge in [0.05, 0.1) is 31.5 Å². The number of aryl methyl sites for hydroxylation is 2. The zero-order valence-corrected chi connectivity index (χ0v) is 18.2. The number of aliphatic imine (C=N–C) groups is 1. The first-order valence-electron chi connectivity index (χ1n) is 9.73. The Hall–Kier alpha value is -2.28. The fourth-order valence-corrected chi connectivity index (χ4v) is 4.44. The van der Waals surface area contributed by atoms with Crippen molar-refractivity contribution in [2.24, 2.45) is 4.99 Å². The van der Waals surface area contributed by atoms with Crippen molar-refractivity contribution in [3.8, 4) is 11.5 Å². The molecule has 0 spiro atoms. The Bertz CT molecular complexity index is 812. The molecule has 0 bridgehead atoms. The topological polar surface area (TPSA) is 59.0 Å². The van der Waals surface area contributed by atoms with Crippen LogP contribution in [0, 0.1) is 13.8 Å². The van der Waals surface area contributed by atoms with Gasteiger partial charge in [0.15, 0.2) is 5.96 Å². The molecular formula is C21H30N4O2S. The fourth-order valence-electron chi connectivity index (χ4n) is 3.58. The number of benzene rings is 1. The molecule has 2 heterocycles. The highest BCUT2D eigenvalue weighted by atomic mass is 32.1. The molecular weight excluding hydrogens is 372 g/mol. The molecule has 1 aromatic heterocycles. The van der Waals surface area contributed by atoms with Gasteiger partial charge in [-0.15, -0.1) is 11.3 Å². The second kappa shape index (κ2) is 9.28. The van der Waals surface area contributed by atoms with Gasteiger partial charge in [-0.3, -0.25) is 0 Å². The summed E-state index contributed by atoms with van der Waals surface area (Å²) < 4.78 is 10.9. The van der Waals surface area contributed by atoms with Gasteiger partial charge in [0, 0.05) is 36.5 Å². The van der Waals surface area contributed by atoms with Crippen molar-refractivity contribution in [3.05, 3.63) is 39.3 Å². The van der Waals surface area contributed by atoms with E-state index in [-0.39, 0.29) is 0 Å². The lowest BCUT2D eigenvalue weighted by Crippen LogP contribution is -2.40. The number of rotatable bonds is 6. The maximum Gasteiger partial charge on any atom is 0.194 e. The number of hydrogen-bond donors (Lipinski definition) is 1. The summed E-state index contributed by atoms with van der Waals surface area (Å²) in [5, 5.41) is 4.55. The molecule has 0 saturated carbocycles. The molecule has 3 rings (SSSR count). The van der Waals surface area contributed by atoms with Gasteiger partial charge in [-0.1, -0.05) is 0 Å². The number of hydrogen-bond acceptors (Lipinski definition) is 5. The predicted molar refractivity (Wildman–Crippen MR) is 115 cm³/mol. The van der Waals surface area contributed by atoms with Crippen LogP contribution >= 0.6 is 11.3 Å². The van der Waals surface area contributed by atoms with Crippen LogP contribution in [0.3, 0.4) is 0 Å². The second-order valence-corrected chi connectivity index (χ2v) is 8.28. The van der Waals surface area contributed by atoms with Crippen LogP contribution in [0.2, 0.25) is 0 Å². The molecule has 7 heteroatoms. The zero-order chi connectivity index (χ0) is 20.1. The van der Waals surface area contributed by atoms with E-state index in [1.54, 1.807) is 25.6 Å². The van der Waals surface area contributed by atoms with Gasteiger partial charge in [-0.2, -0.15) is 0 Å². The molecule has 6 nitrogen and oxygen atoms in total. The molecule has 2 aromatic rings. The number of ether oxygens (including phenoxy) is 2. The number of thiazole rings is 1. The normalized spacial score (nSPS) is 17.1. The summed E-state index contributed by atoms with van der Waals surface area (Å²) in [6.07, 6.45) is 1.08. The molecule has 1 unspecified atom stereocenters. The van der Waals surface area contributed by atoms with Gasteiger partial charge >= 0.3 is 0 Å². The van der Waals surface area contributed by atoms with Crippen molar-refractivity contribution in [1.82, 2.24) is 15.2 Å². The zero-order valence-electron chi connectivity index (χ0n) is 17.4. The largest absolute Gasteiger partial charge is 0.497 e. The standard InChI is InChI=1S/C21H30N4O2S/c1-6-22-21(23-12-20-14(2)24-15(3)28-20)25-8-7-16(13-25)17-9-18(26-4)11-19(10-17)27-5/h9-11,16H,6-8,12-13H2,1-5H3,(H,22,23). The highest BCUT2D eigenvalue weighted by Gasteiger charge is 2.27. The van der Waals surface area contributed by atoms with Crippen LogP contribution in [-0.2, 0) is 6.54 Å². The van der Waals surface area contributed by atoms with Gasteiger partial charge in [-0.05, 0) is 44.9 Å². The van der Waals surface area contributed by atoms with E-state index >= 15 is 0 Å². The van der Waals surface area contributed by atoms with Gasteiger partial charge in [0.2, 0.25) is 0 Å². The van der Waals surface area contributed by atoms with Gasteiger partial charge in [-0.25, -0.2) is 9.98 Å². The summed E-state index contributed by atoms with van der Waals surface area (Å²) in [4.78, 5) is 13.0. The maximum absolute atomic E-state index is 5.44. The lowest BCUT2D eigenvalue weighted by molar-refractivity contribution is 0.392. The molecule has 1 N–H and O–H groups in total. The van der Waals surface area contributed by atoms with Crippen molar-refractivity contribution in [3.63, 3.8) is 0 Å². The Labute approximate surface area is 171 Å². The van der Waals surface area contributed by atoms with Gasteiger partial charge < -0.3 is 19.7 Å². The number of nitrogens with zero attached hydrogens (tertiary/aromatic N) is 3. The third-order valence-electron chi connectivity index (χ3n) is 5.04. The van der Waals surface area contributed by atoms with Gasteiger partial charge in [0.25, 0.3) is 0 Å². The summed E-state index contributed by atoms with van der Waals surface area (Å²) >= 11 is 1.73. The fraction of sp³-hybridized carbons (Fsp3) is 0.524. The third-order valence-corrected chi connectivity index (χ3v) is 6.10. The number of methoxy groups -OCH3 is 2. The van der Waals surface area contributed by atoms with E-state index in [1.165, 1.54) is 10.4 Å². The number of guanidine groups is 1. The van der Waals surface area contributed by atoms with Crippen molar-refractivity contribution < 1.29 is 9.47 Å². The molecule has 1 aliphatic heterocycles. The highest BCUT2D eigenvalue weighted by Crippen LogP contribution is 2.33. The summed E-state index contributed by atoms with van der Waals surface area (Å²) in [7, 11) is 3.39. The van der Waals surface area contributed by atoms with Crippen molar-refractivity contribution in [2.45, 2.75) is 39.7 Å². The summed E-state index contributed by atoms with van der Waals surface area (Å²) in [6.45, 7) is 9.66. The van der Waals surface area contributed by atoms with Crippen LogP contribution in [0.15, 0.2) is 23.2 Å². The van der Waals surface area contributed by atoms with E-state index in [4.69, 9.17) is 14.5 Å². The Kier molecular flexibility index (Phi) is 6.78. The molecule has 0 amide bonds. The number of aromatic nitrogens is 1. The Morgan fingerprint density at radius 3 is 2.54 bits per heavy atom. The minimum Gasteiger partial charge on any atom is -0.497 e. The number of likely N-dealkylation sites (tertiary alicyclic amines) is 1. The maximum atomic E-state index is 5.44. The predicted octanol–water partition coefficient (Wildman–Crippen LogP) is 3.73. The first-order chi connectivity index (χ1) is 13.5. The van der Waals surface area contributed by atoms with Crippen LogP contribution in [0.5, 0.6) is 11.5 Å². The monoisotopic (exact) mass is 402 g/mol. The molecule has 1 atom stereocenters. The molecule has 1 aromatic carbocycles. The number of nitrogens with one attached hydrogen (secondary N) is 1. The van der Waals surface area contributed by atoms with Crippen molar-refractivity contribution in [1.29, 1.82) is 0 Å². The molecule has 1 saturated heterocycles. The van der Waals surface area contributed by atoms with E-state index in [0.717, 1.165) is 54.2 Å². The lowest BCUT2D eigenvalue weighted by Gasteiger charge is -2.22. The van der Waals surface area contributed by atoms with Crippen LogP contribution < -0.4 is 14.8 Å². The SMILES string of the molecule is CCNC(=NCc1sc(C)nc1C)N1CCC(c2cc(OC)cc(OC)c2)C1. The smallest absolute Gasteiger partial charge is 0.194 e. The van der Waals surface area contributed by atoms with E-state index < -0.39 is 0 Å². The molecule has 1 aliphatic rings. The molecule has 0 radical (unpaired) electrons. The second-order valence-electron chi connectivity index (χ2n) is 6.99.